The molecule has 0 fully saturated rings. The Bertz CT molecular complexity index is 887. The normalized spacial score (nSPS) is 12.2. The Morgan fingerprint density at radius 1 is 1.04 bits per heavy atom. The molecule has 0 aliphatic rings. The van der Waals surface area contributed by atoms with Crippen molar-refractivity contribution >= 4 is 17.6 Å². The van der Waals surface area contributed by atoms with E-state index in [2.05, 4.69) is 41.3 Å². The maximum Gasteiger partial charge on any atom is 0.205 e. The summed E-state index contributed by atoms with van der Waals surface area (Å²) < 4.78 is 14.8. The van der Waals surface area contributed by atoms with Crippen LogP contribution in [0.3, 0.4) is 0 Å². The molecular formula is C18H16FN3S. The Kier molecular flexibility index (Phi) is 4.48. The topological polar surface area (TPSA) is 29.6 Å². The molecular weight excluding hydrogens is 309 g/mol. The van der Waals surface area contributed by atoms with Crippen molar-refractivity contribution in [3.63, 3.8) is 0 Å². The highest BCUT2D eigenvalue weighted by molar-refractivity contribution is 7.07. The quantitative estimate of drug-likeness (QED) is 0.650. The molecule has 0 N–H and O–H groups in total. The molecule has 0 atom stereocenters. The average Bonchev–Trinajstić information content (AvgIpc) is 2.98. The molecule has 0 amide bonds. The van der Waals surface area contributed by atoms with Gasteiger partial charge in [-0.15, -0.1) is 11.3 Å². The molecule has 0 unspecified atom stereocenters. The summed E-state index contributed by atoms with van der Waals surface area (Å²) in [6, 6.07) is 14.5. The largest absolute Gasteiger partial charge is 0.261 e. The van der Waals surface area contributed by atoms with Gasteiger partial charge in [-0.05, 0) is 24.6 Å². The predicted molar refractivity (Wildman–Crippen MR) is 93.4 cm³/mol. The van der Waals surface area contributed by atoms with Gasteiger partial charge >= 0.3 is 0 Å². The molecule has 5 heteroatoms. The summed E-state index contributed by atoms with van der Waals surface area (Å²) >= 11 is 1.54. The zero-order valence-corrected chi connectivity index (χ0v) is 13.7. The predicted octanol–water partition coefficient (Wildman–Crippen LogP) is 4.08. The van der Waals surface area contributed by atoms with Crippen LogP contribution in [0.5, 0.6) is 0 Å². The molecule has 0 aliphatic heterocycles. The van der Waals surface area contributed by atoms with E-state index in [0.29, 0.717) is 0 Å². The summed E-state index contributed by atoms with van der Waals surface area (Å²) in [5, 5.41) is 6.56. The number of benzene rings is 2. The summed E-state index contributed by atoms with van der Waals surface area (Å²) in [6.07, 6.45) is 1.71. The lowest BCUT2D eigenvalue weighted by Gasteiger charge is -2.04. The third-order valence-corrected chi connectivity index (χ3v) is 4.32. The van der Waals surface area contributed by atoms with E-state index in [1.54, 1.807) is 30.1 Å². The molecule has 0 bridgehead atoms. The number of thiazole rings is 1. The van der Waals surface area contributed by atoms with Gasteiger partial charge in [-0.25, -0.2) is 9.07 Å². The number of rotatable bonds is 3. The van der Waals surface area contributed by atoms with Crippen LogP contribution in [0.1, 0.15) is 11.1 Å². The van der Waals surface area contributed by atoms with E-state index < -0.39 is 0 Å². The number of halogens is 1. The van der Waals surface area contributed by atoms with E-state index in [9.17, 15) is 4.39 Å². The summed E-state index contributed by atoms with van der Waals surface area (Å²) in [6.45, 7) is 2.06. The monoisotopic (exact) mass is 325 g/mol. The van der Waals surface area contributed by atoms with Crippen molar-refractivity contribution in [2.45, 2.75) is 6.92 Å². The molecule has 1 heterocycles. The van der Waals surface area contributed by atoms with E-state index in [1.807, 2.05) is 5.38 Å². The highest BCUT2D eigenvalue weighted by Gasteiger charge is 2.06. The van der Waals surface area contributed by atoms with Gasteiger partial charge in [0.25, 0.3) is 0 Å². The van der Waals surface area contributed by atoms with Crippen LogP contribution >= 0.6 is 11.3 Å². The molecule has 1 aromatic heterocycles. The molecule has 3 aromatic rings. The highest BCUT2D eigenvalue weighted by Crippen LogP contribution is 2.20. The molecule has 3 nitrogen and oxygen atoms in total. The smallest absolute Gasteiger partial charge is 0.205 e. The SMILES string of the molecule is CN=c1scc(-c2ccc(C)cc2)n1N=Cc1ccc(F)cc1. The number of aryl methyl sites for hydroxylation is 1. The molecule has 0 radical (unpaired) electrons. The molecule has 0 aliphatic carbocycles. The lowest BCUT2D eigenvalue weighted by atomic mass is 10.1. The van der Waals surface area contributed by atoms with Crippen LogP contribution in [0.4, 0.5) is 4.39 Å². The second-order valence-electron chi connectivity index (χ2n) is 5.10. The fourth-order valence-corrected chi connectivity index (χ4v) is 2.96. The average molecular weight is 325 g/mol. The van der Waals surface area contributed by atoms with Crippen LogP contribution in [0.2, 0.25) is 0 Å². The molecule has 0 saturated carbocycles. The van der Waals surface area contributed by atoms with Crippen LogP contribution in [0, 0.1) is 12.7 Å². The number of nitrogens with zero attached hydrogens (tertiary/aromatic N) is 3. The zero-order valence-electron chi connectivity index (χ0n) is 12.9. The standard InChI is InChI=1S/C18H16FN3S/c1-13-3-7-15(8-4-13)17-12-23-18(20-2)22(17)21-11-14-5-9-16(19)10-6-14/h3-12H,1-2H3. The van der Waals surface area contributed by atoms with Crippen LogP contribution in [0.25, 0.3) is 11.3 Å². The van der Waals surface area contributed by atoms with Crippen molar-refractivity contribution in [2.75, 3.05) is 7.05 Å². The highest BCUT2D eigenvalue weighted by atomic mass is 32.1. The second-order valence-corrected chi connectivity index (χ2v) is 5.94. The Morgan fingerprint density at radius 3 is 2.39 bits per heavy atom. The number of hydrogen-bond acceptors (Lipinski definition) is 3. The van der Waals surface area contributed by atoms with Crippen LogP contribution in [-0.4, -0.2) is 17.9 Å². The zero-order chi connectivity index (χ0) is 16.2. The Hall–Kier alpha value is -2.53. The molecule has 0 saturated heterocycles. The van der Waals surface area contributed by atoms with Gasteiger partial charge in [0.05, 0.1) is 11.9 Å². The van der Waals surface area contributed by atoms with Gasteiger partial charge in [0.2, 0.25) is 4.80 Å². The summed E-state index contributed by atoms with van der Waals surface area (Å²) in [7, 11) is 1.74. The van der Waals surface area contributed by atoms with Crippen molar-refractivity contribution in [3.05, 3.63) is 75.7 Å². The van der Waals surface area contributed by atoms with E-state index in [0.717, 1.165) is 21.6 Å². The fourth-order valence-electron chi connectivity index (χ4n) is 2.16. The maximum atomic E-state index is 13.0. The minimum atomic E-state index is -0.255. The Balaban J connectivity index is 2.02. The second kappa shape index (κ2) is 6.71. The summed E-state index contributed by atoms with van der Waals surface area (Å²) in [4.78, 5) is 5.07. The fraction of sp³-hybridized carbons (Fsp3) is 0.111. The van der Waals surface area contributed by atoms with Crippen LogP contribution in [0.15, 0.2) is 64.0 Å². The minimum absolute atomic E-state index is 0.255. The van der Waals surface area contributed by atoms with Crippen molar-refractivity contribution in [2.24, 2.45) is 10.1 Å². The Labute approximate surface area is 138 Å². The van der Waals surface area contributed by atoms with Crippen molar-refractivity contribution < 1.29 is 4.39 Å². The van der Waals surface area contributed by atoms with Crippen molar-refractivity contribution in [1.82, 2.24) is 4.68 Å². The van der Waals surface area contributed by atoms with E-state index in [4.69, 9.17) is 0 Å². The third kappa shape index (κ3) is 3.46. The minimum Gasteiger partial charge on any atom is -0.261 e. The van der Waals surface area contributed by atoms with Gasteiger partial charge in [0, 0.05) is 18.0 Å². The van der Waals surface area contributed by atoms with Crippen molar-refractivity contribution in [1.29, 1.82) is 0 Å². The number of hydrogen-bond donors (Lipinski definition) is 0. The maximum absolute atomic E-state index is 13.0. The third-order valence-electron chi connectivity index (χ3n) is 3.42. The molecule has 0 spiro atoms. The molecule has 23 heavy (non-hydrogen) atoms. The van der Waals surface area contributed by atoms with Gasteiger partial charge in [-0.1, -0.05) is 42.0 Å². The number of aromatic nitrogens is 1. The van der Waals surface area contributed by atoms with Crippen LogP contribution in [-0.2, 0) is 0 Å². The van der Waals surface area contributed by atoms with E-state index in [1.165, 1.54) is 29.0 Å². The van der Waals surface area contributed by atoms with Gasteiger partial charge < -0.3 is 0 Å². The first kappa shape index (κ1) is 15.4. The van der Waals surface area contributed by atoms with Crippen LogP contribution < -0.4 is 4.80 Å². The van der Waals surface area contributed by atoms with E-state index >= 15 is 0 Å². The first-order valence-corrected chi connectivity index (χ1v) is 8.05. The van der Waals surface area contributed by atoms with Gasteiger partial charge in [0.15, 0.2) is 0 Å². The van der Waals surface area contributed by atoms with E-state index in [-0.39, 0.29) is 5.82 Å². The first-order valence-electron chi connectivity index (χ1n) is 7.18. The lowest BCUT2D eigenvalue weighted by Crippen LogP contribution is -2.11. The van der Waals surface area contributed by atoms with Crippen molar-refractivity contribution in [3.8, 4) is 11.3 Å². The molecule has 3 rings (SSSR count). The van der Waals surface area contributed by atoms with Gasteiger partial charge in [0.1, 0.15) is 5.82 Å². The molecule has 116 valence electrons. The van der Waals surface area contributed by atoms with Gasteiger partial charge in [-0.3, -0.25) is 4.99 Å². The summed E-state index contributed by atoms with van der Waals surface area (Å²) in [5.41, 5.74) is 4.11. The molecule has 2 aromatic carbocycles. The Morgan fingerprint density at radius 2 is 1.74 bits per heavy atom. The lowest BCUT2D eigenvalue weighted by molar-refractivity contribution is 0.628. The first-order chi connectivity index (χ1) is 11.2. The summed E-state index contributed by atoms with van der Waals surface area (Å²) in [5.74, 6) is -0.255. The van der Waals surface area contributed by atoms with Gasteiger partial charge in [-0.2, -0.15) is 5.10 Å².